The molecule has 0 aromatic heterocycles. The summed E-state index contributed by atoms with van der Waals surface area (Å²) in [5.74, 6) is 0. The van der Waals surface area contributed by atoms with Gasteiger partial charge < -0.3 is 10.6 Å². The van der Waals surface area contributed by atoms with Crippen LogP contribution >= 0.6 is 15.9 Å². The summed E-state index contributed by atoms with van der Waals surface area (Å²) in [6, 6.07) is 4.65. The van der Waals surface area contributed by atoms with Crippen molar-refractivity contribution in [1.29, 1.82) is 0 Å². The summed E-state index contributed by atoms with van der Waals surface area (Å²) in [6.07, 6.45) is 3.66. The maximum atomic E-state index is 12.4. The van der Waals surface area contributed by atoms with E-state index >= 15 is 0 Å². The second-order valence-corrected chi connectivity index (χ2v) is 8.11. The Morgan fingerprint density at radius 1 is 1.33 bits per heavy atom. The Morgan fingerprint density at radius 2 is 2.00 bits per heavy atom. The van der Waals surface area contributed by atoms with Gasteiger partial charge in [0.2, 0.25) is 10.0 Å². The lowest BCUT2D eigenvalue weighted by atomic mass is 10.1. The standard InChI is InChI=1S/C14H22BrN3O2S/c1-11(10-18-7-3-2-4-8-18)17-21(19,20)14-9-12(16)5-6-13(14)15/h5-6,9,11,17H,2-4,7-8,10,16H2,1H3. The van der Waals surface area contributed by atoms with Crippen LogP contribution in [-0.2, 0) is 10.0 Å². The van der Waals surface area contributed by atoms with Crippen molar-refractivity contribution < 1.29 is 8.42 Å². The van der Waals surface area contributed by atoms with E-state index in [2.05, 4.69) is 25.6 Å². The number of nitrogens with two attached hydrogens (primary N) is 1. The molecule has 1 heterocycles. The van der Waals surface area contributed by atoms with Gasteiger partial charge in [-0.2, -0.15) is 0 Å². The van der Waals surface area contributed by atoms with Crippen LogP contribution in [0, 0.1) is 0 Å². The van der Waals surface area contributed by atoms with Gasteiger partial charge in [0.1, 0.15) is 0 Å². The fraction of sp³-hybridized carbons (Fsp3) is 0.571. The molecule has 1 aliphatic heterocycles. The fourth-order valence-corrected chi connectivity index (χ4v) is 4.85. The number of anilines is 1. The predicted octanol–water partition coefficient (Wildman–Crippen LogP) is 2.18. The second kappa shape index (κ2) is 7.09. The number of hydrogen-bond donors (Lipinski definition) is 2. The van der Waals surface area contributed by atoms with Crippen molar-refractivity contribution in [1.82, 2.24) is 9.62 Å². The lowest BCUT2D eigenvalue weighted by molar-refractivity contribution is 0.215. The Kier molecular flexibility index (Phi) is 5.65. The average molecular weight is 376 g/mol. The molecule has 0 radical (unpaired) electrons. The summed E-state index contributed by atoms with van der Waals surface area (Å²) in [5.41, 5.74) is 6.12. The van der Waals surface area contributed by atoms with E-state index in [1.807, 2.05) is 6.92 Å². The lowest BCUT2D eigenvalue weighted by Gasteiger charge is -2.29. The first-order chi connectivity index (χ1) is 9.88. The Labute approximate surface area is 135 Å². The zero-order valence-corrected chi connectivity index (χ0v) is 14.6. The van der Waals surface area contributed by atoms with E-state index in [4.69, 9.17) is 5.73 Å². The van der Waals surface area contributed by atoms with Gasteiger partial charge in [-0.25, -0.2) is 13.1 Å². The van der Waals surface area contributed by atoms with Crippen LogP contribution in [0.15, 0.2) is 27.6 Å². The van der Waals surface area contributed by atoms with Gasteiger partial charge in [0.25, 0.3) is 0 Å². The second-order valence-electron chi connectivity index (χ2n) is 5.57. The van der Waals surface area contributed by atoms with E-state index in [0.717, 1.165) is 19.6 Å². The van der Waals surface area contributed by atoms with E-state index in [1.165, 1.54) is 25.3 Å². The number of nitrogens with zero attached hydrogens (tertiary/aromatic N) is 1. The molecule has 1 unspecified atom stereocenters. The Bertz CT molecular complexity index is 586. The molecule has 1 aromatic rings. The van der Waals surface area contributed by atoms with Crippen LogP contribution in [0.1, 0.15) is 26.2 Å². The fourth-order valence-electron chi connectivity index (χ4n) is 2.62. The first-order valence-corrected chi connectivity index (χ1v) is 9.46. The third-order valence-corrected chi connectivity index (χ3v) is 6.17. The quantitative estimate of drug-likeness (QED) is 0.773. The number of halogens is 1. The van der Waals surface area contributed by atoms with Crippen LogP contribution in [0.25, 0.3) is 0 Å². The molecular formula is C14H22BrN3O2S. The molecule has 0 amide bonds. The number of nitrogen functional groups attached to an aromatic ring is 1. The molecule has 1 aliphatic rings. The number of rotatable bonds is 5. The van der Waals surface area contributed by atoms with Gasteiger partial charge in [0.05, 0.1) is 4.90 Å². The topological polar surface area (TPSA) is 75.4 Å². The molecule has 0 saturated carbocycles. The summed E-state index contributed by atoms with van der Waals surface area (Å²) in [6.45, 7) is 4.73. The number of benzene rings is 1. The van der Waals surface area contributed by atoms with Gasteiger partial charge >= 0.3 is 0 Å². The molecule has 7 heteroatoms. The van der Waals surface area contributed by atoms with Crippen LogP contribution in [0.4, 0.5) is 5.69 Å². The Hall–Kier alpha value is -0.630. The van der Waals surface area contributed by atoms with Gasteiger partial charge in [0.15, 0.2) is 0 Å². The number of piperidine rings is 1. The van der Waals surface area contributed by atoms with Crippen LogP contribution in [0.2, 0.25) is 0 Å². The zero-order valence-electron chi connectivity index (χ0n) is 12.2. The van der Waals surface area contributed by atoms with Gasteiger partial charge in [-0.3, -0.25) is 0 Å². The first-order valence-electron chi connectivity index (χ1n) is 7.18. The van der Waals surface area contributed by atoms with E-state index in [9.17, 15) is 8.42 Å². The molecule has 2 rings (SSSR count). The van der Waals surface area contributed by atoms with E-state index in [0.29, 0.717) is 10.2 Å². The van der Waals surface area contributed by atoms with Crippen molar-refractivity contribution in [3.63, 3.8) is 0 Å². The van der Waals surface area contributed by atoms with E-state index in [1.54, 1.807) is 12.1 Å². The monoisotopic (exact) mass is 375 g/mol. The largest absolute Gasteiger partial charge is 0.399 e. The molecule has 21 heavy (non-hydrogen) atoms. The molecule has 1 aromatic carbocycles. The van der Waals surface area contributed by atoms with Crippen LogP contribution in [0.3, 0.4) is 0 Å². The molecule has 1 atom stereocenters. The van der Waals surface area contributed by atoms with Gasteiger partial charge in [-0.15, -0.1) is 0 Å². The first kappa shape index (κ1) is 16.7. The third kappa shape index (κ3) is 4.67. The summed E-state index contributed by atoms with van der Waals surface area (Å²) in [7, 11) is -3.57. The number of sulfonamides is 1. The van der Waals surface area contributed by atoms with Crippen LogP contribution in [-0.4, -0.2) is 39.0 Å². The summed E-state index contributed by atoms with van der Waals surface area (Å²) in [5, 5.41) is 0. The maximum Gasteiger partial charge on any atom is 0.242 e. The SMILES string of the molecule is CC(CN1CCCCC1)NS(=O)(=O)c1cc(N)ccc1Br. The highest BCUT2D eigenvalue weighted by atomic mass is 79.9. The van der Waals surface area contributed by atoms with E-state index < -0.39 is 10.0 Å². The number of likely N-dealkylation sites (tertiary alicyclic amines) is 1. The number of nitrogens with one attached hydrogen (secondary N) is 1. The van der Waals surface area contributed by atoms with Crippen molar-refractivity contribution in [2.75, 3.05) is 25.4 Å². The highest BCUT2D eigenvalue weighted by Crippen LogP contribution is 2.24. The molecule has 3 N–H and O–H groups in total. The highest BCUT2D eigenvalue weighted by molar-refractivity contribution is 9.10. The summed E-state index contributed by atoms with van der Waals surface area (Å²) in [4.78, 5) is 2.50. The Morgan fingerprint density at radius 3 is 2.67 bits per heavy atom. The summed E-state index contributed by atoms with van der Waals surface area (Å²) >= 11 is 3.27. The molecule has 118 valence electrons. The smallest absolute Gasteiger partial charge is 0.242 e. The van der Waals surface area contributed by atoms with Crippen molar-refractivity contribution in [3.05, 3.63) is 22.7 Å². The van der Waals surface area contributed by atoms with Crippen molar-refractivity contribution in [2.45, 2.75) is 37.1 Å². The minimum atomic E-state index is -3.57. The highest BCUT2D eigenvalue weighted by Gasteiger charge is 2.22. The maximum absolute atomic E-state index is 12.4. The van der Waals surface area contributed by atoms with Crippen molar-refractivity contribution in [2.24, 2.45) is 0 Å². The van der Waals surface area contributed by atoms with Crippen molar-refractivity contribution in [3.8, 4) is 0 Å². The molecule has 1 saturated heterocycles. The predicted molar refractivity (Wildman–Crippen MR) is 88.6 cm³/mol. The minimum Gasteiger partial charge on any atom is -0.399 e. The number of hydrogen-bond acceptors (Lipinski definition) is 4. The third-order valence-electron chi connectivity index (χ3n) is 3.58. The van der Waals surface area contributed by atoms with Crippen LogP contribution in [0.5, 0.6) is 0 Å². The molecule has 0 spiro atoms. The average Bonchev–Trinajstić information content (AvgIpc) is 2.41. The Balaban J connectivity index is 2.04. The lowest BCUT2D eigenvalue weighted by Crippen LogP contribution is -2.43. The minimum absolute atomic E-state index is 0.138. The molecule has 1 fully saturated rings. The molecular weight excluding hydrogens is 354 g/mol. The van der Waals surface area contributed by atoms with Gasteiger partial charge in [0, 0.05) is 22.7 Å². The normalized spacial score (nSPS) is 18.6. The molecule has 0 bridgehead atoms. The van der Waals surface area contributed by atoms with Gasteiger partial charge in [-0.1, -0.05) is 6.42 Å². The molecule has 5 nitrogen and oxygen atoms in total. The van der Waals surface area contributed by atoms with Gasteiger partial charge in [-0.05, 0) is 67.0 Å². The van der Waals surface area contributed by atoms with Crippen molar-refractivity contribution >= 4 is 31.6 Å². The molecule has 0 aliphatic carbocycles. The summed E-state index contributed by atoms with van der Waals surface area (Å²) < 4.78 is 28.1. The zero-order chi connectivity index (χ0) is 15.5. The van der Waals surface area contributed by atoms with Crippen LogP contribution < -0.4 is 10.5 Å². The van der Waals surface area contributed by atoms with E-state index in [-0.39, 0.29) is 10.9 Å².